The maximum Gasteiger partial charge on any atom is 0.125 e. The molecule has 4 heteroatoms. The zero-order chi connectivity index (χ0) is 13.8. The predicted octanol–water partition coefficient (Wildman–Crippen LogP) is 3.96. The van der Waals surface area contributed by atoms with Crippen molar-refractivity contribution in [2.45, 2.75) is 13.0 Å². The molecule has 0 aliphatic carbocycles. The first-order valence-corrected chi connectivity index (χ1v) is 6.34. The van der Waals surface area contributed by atoms with Gasteiger partial charge >= 0.3 is 0 Å². The van der Waals surface area contributed by atoms with E-state index in [1.165, 1.54) is 12.1 Å². The van der Waals surface area contributed by atoms with Crippen LogP contribution in [0.15, 0.2) is 42.5 Å². The second kappa shape index (κ2) is 6.04. The van der Waals surface area contributed by atoms with Gasteiger partial charge < -0.3 is 9.84 Å². The summed E-state index contributed by atoms with van der Waals surface area (Å²) in [6, 6.07) is 11.0. The van der Waals surface area contributed by atoms with Gasteiger partial charge in [0, 0.05) is 5.02 Å². The minimum atomic E-state index is -0.913. The Morgan fingerprint density at radius 1 is 1.16 bits per heavy atom. The minimum absolute atomic E-state index is 0.264. The van der Waals surface area contributed by atoms with E-state index in [0.29, 0.717) is 17.7 Å². The van der Waals surface area contributed by atoms with Gasteiger partial charge in [0.25, 0.3) is 0 Å². The van der Waals surface area contributed by atoms with Gasteiger partial charge in [-0.25, -0.2) is 4.39 Å². The van der Waals surface area contributed by atoms with E-state index in [2.05, 4.69) is 0 Å². The molecule has 0 spiro atoms. The SMILES string of the molecule is CCOc1ccc(C(O)c2cc(F)cc(Cl)c2)cc1. The van der Waals surface area contributed by atoms with E-state index in [1.807, 2.05) is 6.92 Å². The van der Waals surface area contributed by atoms with Crippen molar-refractivity contribution in [1.29, 1.82) is 0 Å². The number of halogens is 2. The summed E-state index contributed by atoms with van der Waals surface area (Å²) in [5.74, 6) is 0.267. The van der Waals surface area contributed by atoms with Gasteiger partial charge in [0.1, 0.15) is 17.7 Å². The Morgan fingerprint density at radius 3 is 2.42 bits per heavy atom. The molecule has 0 fully saturated rings. The molecule has 0 aliphatic rings. The number of hydrogen-bond donors (Lipinski definition) is 1. The Morgan fingerprint density at radius 2 is 1.84 bits per heavy atom. The van der Waals surface area contributed by atoms with Crippen molar-refractivity contribution in [3.63, 3.8) is 0 Å². The largest absolute Gasteiger partial charge is 0.494 e. The van der Waals surface area contributed by atoms with E-state index < -0.39 is 11.9 Å². The van der Waals surface area contributed by atoms with Crippen molar-refractivity contribution in [1.82, 2.24) is 0 Å². The maximum absolute atomic E-state index is 13.3. The average molecular weight is 281 g/mol. The van der Waals surface area contributed by atoms with E-state index in [1.54, 1.807) is 30.3 Å². The second-order valence-electron chi connectivity index (χ2n) is 4.11. The quantitative estimate of drug-likeness (QED) is 0.918. The lowest BCUT2D eigenvalue weighted by Crippen LogP contribution is -2.00. The molecule has 2 rings (SSSR count). The van der Waals surface area contributed by atoms with Crippen LogP contribution >= 0.6 is 11.6 Å². The second-order valence-corrected chi connectivity index (χ2v) is 4.54. The van der Waals surface area contributed by atoms with Crippen molar-refractivity contribution in [3.8, 4) is 5.75 Å². The highest BCUT2D eigenvalue weighted by Crippen LogP contribution is 2.26. The molecule has 2 nitrogen and oxygen atoms in total. The molecule has 1 atom stereocenters. The van der Waals surface area contributed by atoms with Crippen LogP contribution in [0.2, 0.25) is 5.02 Å². The smallest absolute Gasteiger partial charge is 0.125 e. The minimum Gasteiger partial charge on any atom is -0.494 e. The molecule has 19 heavy (non-hydrogen) atoms. The predicted molar refractivity (Wildman–Crippen MR) is 73.1 cm³/mol. The number of benzene rings is 2. The normalized spacial score (nSPS) is 12.2. The monoisotopic (exact) mass is 280 g/mol. The molecule has 0 heterocycles. The molecular formula is C15H14ClFO2. The lowest BCUT2D eigenvalue weighted by Gasteiger charge is -2.13. The highest BCUT2D eigenvalue weighted by Gasteiger charge is 2.12. The number of aliphatic hydroxyl groups excluding tert-OH is 1. The van der Waals surface area contributed by atoms with Crippen LogP contribution in [0.5, 0.6) is 5.75 Å². The van der Waals surface area contributed by atoms with E-state index in [4.69, 9.17) is 16.3 Å². The van der Waals surface area contributed by atoms with Crippen molar-refractivity contribution in [2.24, 2.45) is 0 Å². The maximum atomic E-state index is 13.3. The Labute approximate surface area is 116 Å². The molecule has 1 unspecified atom stereocenters. The molecule has 1 N–H and O–H groups in total. The summed E-state index contributed by atoms with van der Waals surface area (Å²) in [5.41, 5.74) is 1.08. The summed E-state index contributed by atoms with van der Waals surface area (Å²) in [6.07, 6.45) is -0.913. The number of aliphatic hydroxyl groups is 1. The fraction of sp³-hybridized carbons (Fsp3) is 0.200. The average Bonchev–Trinajstić information content (AvgIpc) is 2.38. The van der Waals surface area contributed by atoms with Crippen molar-refractivity contribution in [2.75, 3.05) is 6.61 Å². The Bertz CT molecular complexity index is 534. The zero-order valence-electron chi connectivity index (χ0n) is 10.4. The molecule has 2 aromatic rings. The van der Waals surface area contributed by atoms with E-state index in [9.17, 15) is 9.50 Å². The topological polar surface area (TPSA) is 29.5 Å². The molecule has 0 aliphatic heterocycles. The summed E-state index contributed by atoms with van der Waals surface area (Å²) < 4.78 is 18.6. The summed E-state index contributed by atoms with van der Waals surface area (Å²) in [4.78, 5) is 0. The molecule has 100 valence electrons. The Balaban J connectivity index is 2.25. The Kier molecular flexibility index (Phi) is 4.40. The van der Waals surface area contributed by atoms with Crippen molar-refractivity contribution < 1.29 is 14.2 Å². The first kappa shape index (κ1) is 13.8. The number of rotatable bonds is 4. The lowest BCUT2D eigenvalue weighted by atomic mass is 10.0. The Hall–Kier alpha value is -1.58. The van der Waals surface area contributed by atoms with Crippen molar-refractivity contribution >= 4 is 11.6 Å². The third-order valence-corrected chi connectivity index (χ3v) is 2.93. The molecule has 2 aromatic carbocycles. The summed E-state index contributed by atoms with van der Waals surface area (Å²) in [6.45, 7) is 2.49. The highest BCUT2D eigenvalue weighted by molar-refractivity contribution is 6.30. The van der Waals surface area contributed by atoms with Crippen LogP contribution in [0.25, 0.3) is 0 Å². The van der Waals surface area contributed by atoms with Gasteiger partial charge in [-0.05, 0) is 48.4 Å². The lowest BCUT2D eigenvalue weighted by molar-refractivity contribution is 0.219. The molecule has 0 bridgehead atoms. The fourth-order valence-corrected chi connectivity index (χ4v) is 2.07. The van der Waals surface area contributed by atoms with E-state index in [0.717, 1.165) is 5.75 Å². The highest BCUT2D eigenvalue weighted by atomic mass is 35.5. The molecule has 0 saturated heterocycles. The van der Waals surface area contributed by atoms with Gasteiger partial charge in [0.15, 0.2) is 0 Å². The number of hydrogen-bond acceptors (Lipinski definition) is 2. The summed E-state index contributed by atoms with van der Waals surface area (Å²) in [5, 5.41) is 10.5. The van der Waals surface area contributed by atoms with Crippen LogP contribution in [0.1, 0.15) is 24.2 Å². The van der Waals surface area contributed by atoms with Gasteiger partial charge in [-0.1, -0.05) is 23.7 Å². The third-order valence-electron chi connectivity index (χ3n) is 2.71. The van der Waals surface area contributed by atoms with Gasteiger partial charge in [-0.3, -0.25) is 0 Å². The molecule has 0 radical (unpaired) electrons. The first-order valence-electron chi connectivity index (χ1n) is 5.97. The number of ether oxygens (including phenoxy) is 1. The first-order chi connectivity index (χ1) is 9.10. The summed E-state index contributed by atoms with van der Waals surface area (Å²) in [7, 11) is 0. The summed E-state index contributed by atoms with van der Waals surface area (Å²) >= 11 is 5.78. The van der Waals surface area contributed by atoms with E-state index in [-0.39, 0.29) is 5.02 Å². The van der Waals surface area contributed by atoms with Crippen LogP contribution in [-0.2, 0) is 0 Å². The van der Waals surface area contributed by atoms with Crippen LogP contribution in [-0.4, -0.2) is 11.7 Å². The molecule has 0 amide bonds. The molecule has 0 saturated carbocycles. The van der Waals surface area contributed by atoms with Crippen molar-refractivity contribution in [3.05, 3.63) is 64.4 Å². The van der Waals surface area contributed by atoms with Gasteiger partial charge in [-0.2, -0.15) is 0 Å². The molecular weight excluding hydrogens is 267 g/mol. The van der Waals surface area contributed by atoms with Crippen LogP contribution < -0.4 is 4.74 Å². The van der Waals surface area contributed by atoms with Crippen LogP contribution in [0.4, 0.5) is 4.39 Å². The van der Waals surface area contributed by atoms with Gasteiger partial charge in [-0.15, -0.1) is 0 Å². The van der Waals surface area contributed by atoms with Gasteiger partial charge in [0.2, 0.25) is 0 Å². The fourth-order valence-electron chi connectivity index (χ4n) is 1.84. The van der Waals surface area contributed by atoms with Crippen LogP contribution in [0.3, 0.4) is 0 Å². The molecule has 0 aromatic heterocycles. The zero-order valence-corrected chi connectivity index (χ0v) is 11.2. The van der Waals surface area contributed by atoms with Crippen LogP contribution in [0, 0.1) is 5.82 Å². The van der Waals surface area contributed by atoms with E-state index >= 15 is 0 Å². The standard InChI is InChI=1S/C15H14ClFO2/c1-2-19-14-5-3-10(4-6-14)15(18)11-7-12(16)9-13(17)8-11/h3-9,15,18H,2H2,1H3. The van der Waals surface area contributed by atoms with Gasteiger partial charge in [0.05, 0.1) is 6.61 Å². The third kappa shape index (κ3) is 3.46.